The number of nitrogens with zero attached hydrogens (tertiary/aromatic N) is 1. The number of aromatic nitrogens is 1. The number of benzene rings is 1. The summed E-state index contributed by atoms with van der Waals surface area (Å²) in [6, 6.07) is 10.3. The molecule has 4 heteroatoms. The number of thioether (sulfide) groups is 1. The molecule has 2 N–H and O–H groups in total. The van der Waals surface area contributed by atoms with Gasteiger partial charge >= 0.3 is 0 Å². The molecule has 2 aromatic rings. The van der Waals surface area contributed by atoms with Crippen molar-refractivity contribution in [3.63, 3.8) is 0 Å². The fourth-order valence-corrected chi connectivity index (χ4v) is 2.81. The van der Waals surface area contributed by atoms with Gasteiger partial charge in [0.15, 0.2) is 5.13 Å². The average molecular weight is 248 g/mol. The third-order valence-electron chi connectivity index (χ3n) is 1.93. The van der Waals surface area contributed by atoms with Crippen molar-refractivity contribution in [3.8, 4) is 0 Å². The largest absolute Gasteiger partial charge is 0.375 e. The summed E-state index contributed by atoms with van der Waals surface area (Å²) in [6.45, 7) is 0. The summed E-state index contributed by atoms with van der Waals surface area (Å²) in [5.41, 5.74) is 6.78. The van der Waals surface area contributed by atoms with E-state index in [1.165, 1.54) is 16.9 Å². The Hall–Kier alpha value is -1.26. The molecule has 2 rings (SSSR count). The van der Waals surface area contributed by atoms with Gasteiger partial charge in [0.05, 0.1) is 10.4 Å². The molecule has 0 spiro atoms. The van der Waals surface area contributed by atoms with E-state index in [1.54, 1.807) is 11.8 Å². The summed E-state index contributed by atoms with van der Waals surface area (Å²) < 4.78 is 1.16. The zero-order chi connectivity index (χ0) is 11.2. The Morgan fingerprint density at radius 3 is 2.81 bits per heavy atom. The van der Waals surface area contributed by atoms with Crippen molar-refractivity contribution in [2.45, 2.75) is 4.21 Å². The lowest BCUT2D eigenvalue weighted by Crippen LogP contribution is -1.77. The van der Waals surface area contributed by atoms with Gasteiger partial charge in [-0.05, 0) is 5.56 Å². The maximum atomic E-state index is 5.55. The van der Waals surface area contributed by atoms with Gasteiger partial charge in [-0.3, -0.25) is 0 Å². The summed E-state index contributed by atoms with van der Waals surface area (Å²) in [6.07, 6.45) is 6.09. The summed E-state index contributed by atoms with van der Waals surface area (Å²) in [4.78, 5) is 4.00. The normalized spacial score (nSPS) is 11.0. The highest BCUT2D eigenvalue weighted by molar-refractivity contribution is 8.01. The fraction of sp³-hybridized carbons (Fsp3) is 0.0833. The molecule has 0 aliphatic carbocycles. The second-order valence-electron chi connectivity index (χ2n) is 3.14. The Bertz CT molecular complexity index is 463. The Morgan fingerprint density at radius 1 is 1.31 bits per heavy atom. The Labute approximate surface area is 103 Å². The molecule has 1 aromatic carbocycles. The predicted octanol–water partition coefficient (Wildman–Crippen LogP) is 3.53. The first kappa shape index (κ1) is 11.2. The van der Waals surface area contributed by atoms with Crippen LogP contribution in [0.25, 0.3) is 6.08 Å². The molecule has 0 fully saturated rings. The fourth-order valence-electron chi connectivity index (χ4n) is 1.22. The smallest absolute Gasteiger partial charge is 0.181 e. The van der Waals surface area contributed by atoms with Crippen LogP contribution < -0.4 is 5.73 Å². The lowest BCUT2D eigenvalue weighted by Gasteiger charge is -1.92. The van der Waals surface area contributed by atoms with Crippen LogP contribution in [0.1, 0.15) is 5.56 Å². The first-order valence-corrected chi connectivity index (χ1v) is 6.70. The van der Waals surface area contributed by atoms with E-state index in [0.717, 1.165) is 9.96 Å². The van der Waals surface area contributed by atoms with Crippen molar-refractivity contribution in [2.75, 3.05) is 11.5 Å². The monoisotopic (exact) mass is 248 g/mol. The van der Waals surface area contributed by atoms with Gasteiger partial charge in [0.2, 0.25) is 0 Å². The molecule has 16 heavy (non-hydrogen) atoms. The minimum absolute atomic E-state index is 0.634. The molecule has 0 saturated carbocycles. The highest BCUT2D eigenvalue weighted by atomic mass is 32.2. The number of thiazole rings is 1. The summed E-state index contributed by atoms with van der Waals surface area (Å²) >= 11 is 3.28. The van der Waals surface area contributed by atoms with Gasteiger partial charge in [-0.25, -0.2) is 4.98 Å². The van der Waals surface area contributed by atoms with Gasteiger partial charge < -0.3 is 5.73 Å². The molecule has 1 aromatic heterocycles. The molecule has 0 atom stereocenters. The van der Waals surface area contributed by atoms with E-state index in [1.807, 2.05) is 24.4 Å². The standard InChI is InChI=1S/C12H12N2S2/c13-12-14-9-11(16-12)15-8-4-7-10-5-2-1-3-6-10/h1-7,9H,8H2,(H2,13,14). The van der Waals surface area contributed by atoms with Crippen LogP contribution in [0.3, 0.4) is 0 Å². The lowest BCUT2D eigenvalue weighted by molar-refractivity contribution is 1.38. The van der Waals surface area contributed by atoms with Gasteiger partial charge in [-0.2, -0.15) is 0 Å². The van der Waals surface area contributed by atoms with Crippen molar-refractivity contribution < 1.29 is 0 Å². The zero-order valence-corrected chi connectivity index (χ0v) is 10.3. The highest BCUT2D eigenvalue weighted by Crippen LogP contribution is 2.26. The van der Waals surface area contributed by atoms with E-state index in [-0.39, 0.29) is 0 Å². The first-order valence-electron chi connectivity index (χ1n) is 4.90. The van der Waals surface area contributed by atoms with Crippen LogP contribution in [0, 0.1) is 0 Å². The Morgan fingerprint density at radius 2 is 2.12 bits per heavy atom. The average Bonchev–Trinajstić information content (AvgIpc) is 2.72. The topological polar surface area (TPSA) is 38.9 Å². The van der Waals surface area contributed by atoms with Crippen LogP contribution in [0.4, 0.5) is 5.13 Å². The van der Waals surface area contributed by atoms with Crippen LogP contribution in [-0.2, 0) is 0 Å². The van der Waals surface area contributed by atoms with Crippen LogP contribution >= 0.6 is 23.1 Å². The molecule has 0 aliphatic heterocycles. The van der Waals surface area contributed by atoms with E-state index >= 15 is 0 Å². The van der Waals surface area contributed by atoms with E-state index in [4.69, 9.17) is 5.73 Å². The van der Waals surface area contributed by atoms with Gasteiger partial charge in [0, 0.05) is 5.75 Å². The van der Waals surface area contributed by atoms with Gasteiger partial charge in [-0.1, -0.05) is 53.8 Å². The van der Waals surface area contributed by atoms with E-state index in [2.05, 4.69) is 29.3 Å². The molecule has 0 aliphatic rings. The number of hydrogen-bond acceptors (Lipinski definition) is 4. The van der Waals surface area contributed by atoms with Gasteiger partial charge in [-0.15, -0.1) is 11.8 Å². The Kier molecular flexibility index (Phi) is 4.02. The van der Waals surface area contributed by atoms with Crippen LogP contribution in [0.2, 0.25) is 0 Å². The summed E-state index contributed by atoms with van der Waals surface area (Å²) in [5, 5.41) is 0.634. The highest BCUT2D eigenvalue weighted by Gasteiger charge is 1.96. The van der Waals surface area contributed by atoms with Crippen molar-refractivity contribution in [3.05, 3.63) is 48.2 Å². The quantitative estimate of drug-likeness (QED) is 0.841. The predicted molar refractivity (Wildman–Crippen MR) is 72.7 cm³/mol. The number of anilines is 1. The second kappa shape index (κ2) is 5.72. The van der Waals surface area contributed by atoms with Crippen molar-refractivity contribution in [2.24, 2.45) is 0 Å². The van der Waals surface area contributed by atoms with E-state index in [0.29, 0.717) is 5.13 Å². The summed E-state index contributed by atoms with van der Waals surface area (Å²) in [7, 11) is 0. The third-order valence-corrected chi connectivity index (χ3v) is 3.91. The maximum Gasteiger partial charge on any atom is 0.181 e. The molecule has 0 amide bonds. The van der Waals surface area contributed by atoms with Gasteiger partial charge in [0.25, 0.3) is 0 Å². The number of hydrogen-bond donors (Lipinski definition) is 1. The van der Waals surface area contributed by atoms with Crippen molar-refractivity contribution >= 4 is 34.3 Å². The van der Waals surface area contributed by atoms with Gasteiger partial charge in [0.1, 0.15) is 0 Å². The number of rotatable bonds is 4. The third kappa shape index (κ3) is 3.40. The molecule has 1 heterocycles. The molecule has 0 radical (unpaired) electrons. The lowest BCUT2D eigenvalue weighted by atomic mass is 10.2. The van der Waals surface area contributed by atoms with Crippen molar-refractivity contribution in [1.29, 1.82) is 0 Å². The molecule has 0 bridgehead atoms. The van der Waals surface area contributed by atoms with Crippen LogP contribution in [0.15, 0.2) is 46.8 Å². The molecule has 0 unspecified atom stereocenters. The van der Waals surface area contributed by atoms with E-state index in [9.17, 15) is 0 Å². The SMILES string of the molecule is Nc1ncc(SCC=Cc2ccccc2)s1. The molecular formula is C12H12N2S2. The zero-order valence-electron chi connectivity index (χ0n) is 8.67. The maximum absolute atomic E-state index is 5.55. The first-order chi connectivity index (χ1) is 7.84. The molecule has 0 saturated heterocycles. The number of nitrogens with two attached hydrogens (primary N) is 1. The molecule has 82 valence electrons. The molecular weight excluding hydrogens is 236 g/mol. The summed E-state index contributed by atoms with van der Waals surface area (Å²) in [5.74, 6) is 0.941. The Balaban J connectivity index is 1.82. The van der Waals surface area contributed by atoms with Crippen LogP contribution in [-0.4, -0.2) is 10.7 Å². The number of nitrogen functional groups attached to an aromatic ring is 1. The van der Waals surface area contributed by atoms with E-state index < -0.39 is 0 Å². The molecule has 2 nitrogen and oxygen atoms in total. The van der Waals surface area contributed by atoms with Crippen molar-refractivity contribution in [1.82, 2.24) is 4.98 Å². The van der Waals surface area contributed by atoms with Crippen LogP contribution in [0.5, 0.6) is 0 Å². The second-order valence-corrected chi connectivity index (χ2v) is 5.52. The minimum Gasteiger partial charge on any atom is -0.375 e. The minimum atomic E-state index is 0.634.